The first-order chi connectivity index (χ1) is 16.6. The molecule has 3 aromatic rings. The molecule has 1 aliphatic heterocycles. The van der Waals surface area contributed by atoms with E-state index in [1.54, 1.807) is 6.92 Å². The molecule has 184 valence electrons. The lowest BCUT2D eigenvalue weighted by Crippen LogP contribution is -2.50. The molecule has 2 N–H and O–H groups in total. The van der Waals surface area contributed by atoms with Gasteiger partial charge in [0.1, 0.15) is 22.2 Å². The standard InChI is InChI=1S/C23H21ClFN3O6S/c1-4-34-21-14(6-5-9-27-21)23(26)15-11-16(24)17(25)12-18(15)28(22(23)29)35(30,31)20-8-7-13(32-2)10-19(20)33-3/h5-12H,4,26H2,1-3H3. The van der Waals surface area contributed by atoms with Gasteiger partial charge in [0, 0.05) is 29.5 Å². The molecule has 0 saturated heterocycles. The number of nitrogens with two attached hydrogens (primary N) is 1. The van der Waals surface area contributed by atoms with Crippen LogP contribution in [0.1, 0.15) is 18.1 Å². The zero-order chi connectivity index (χ0) is 25.5. The summed E-state index contributed by atoms with van der Waals surface area (Å²) < 4.78 is 58.6. The summed E-state index contributed by atoms with van der Waals surface area (Å²) in [4.78, 5) is 17.7. The summed E-state index contributed by atoms with van der Waals surface area (Å²) in [6.45, 7) is 1.92. The van der Waals surface area contributed by atoms with Crippen LogP contribution in [0.15, 0.2) is 53.6 Å². The Hall–Kier alpha value is -3.41. The number of fused-ring (bicyclic) bond motifs is 1. The minimum atomic E-state index is -4.65. The summed E-state index contributed by atoms with van der Waals surface area (Å²) in [6, 6.07) is 8.96. The summed E-state index contributed by atoms with van der Waals surface area (Å²) >= 11 is 6.03. The summed E-state index contributed by atoms with van der Waals surface area (Å²) in [7, 11) is -1.98. The molecular formula is C23H21ClFN3O6S. The van der Waals surface area contributed by atoms with Crippen LogP contribution >= 0.6 is 11.6 Å². The summed E-state index contributed by atoms with van der Waals surface area (Å²) in [5, 5.41) is -0.338. The average Bonchev–Trinajstić information content (AvgIpc) is 3.06. The number of nitrogens with zero attached hydrogens (tertiary/aromatic N) is 2. The van der Waals surface area contributed by atoms with Gasteiger partial charge in [-0.1, -0.05) is 11.6 Å². The van der Waals surface area contributed by atoms with E-state index in [-0.39, 0.29) is 45.0 Å². The van der Waals surface area contributed by atoms with E-state index in [9.17, 15) is 17.6 Å². The molecule has 12 heteroatoms. The van der Waals surface area contributed by atoms with Gasteiger partial charge >= 0.3 is 0 Å². The lowest BCUT2D eigenvalue weighted by atomic mass is 9.85. The Morgan fingerprint density at radius 1 is 1.14 bits per heavy atom. The van der Waals surface area contributed by atoms with Crippen molar-refractivity contribution in [3.63, 3.8) is 0 Å². The highest BCUT2D eigenvalue weighted by Gasteiger charge is 2.56. The van der Waals surface area contributed by atoms with Crippen molar-refractivity contribution in [1.29, 1.82) is 0 Å². The SMILES string of the molecule is CCOc1ncccc1C1(N)C(=O)N(S(=O)(=O)c2ccc(OC)cc2OC)c2cc(F)c(Cl)cc21. The number of halogens is 2. The van der Waals surface area contributed by atoms with E-state index in [1.807, 2.05) is 0 Å². The van der Waals surface area contributed by atoms with Crippen molar-refractivity contribution in [3.05, 3.63) is 70.6 Å². The monoisotopic (exact) mass is 521 g/mol. The minimum Gasteiger partial charge on any atom is -0.497 e. The number of hydrogen-bond donors (Lipinski definition) is 1. The first kappa shape index (κ1) is 24.7. The number of aromatic nitrogens is 1. The fourth-order valence-corrected chi connectivity index (χ4v) is 5.70. The van der Waals surface area contributed by atoms with Gasteiger partial charge in [0.25, 0.3) is 15.9 Å². The largest absolute Gasteiger partial charge is 0.497 e. The van der Waals surface area contributed by atoms with Crippen LogP contribution in [-0.2, 0) is 20.4 Å². The first-order valence-electron chi connectivity index (χ1n) is 10.3. The quantitative estimate of drug-likeness (QED) is 0.503. The Labute approximate surface area is 206 Å². The number of rotatable bonds is 7. The van der Waals surface area contributed by atoms with Gasteiger partial charge in [0.05, 0.1) is 31.5 Å². The van der Waals surface area contributed by atoms with Gasteiger partial charge in [-0.15, -0.1) is 0 Å². The lowest BCUT2D eigenvalue weighted by molar-refractivity contribution is -0.120. The van der Waals surface area contributed by atoms with Crippen molar-refractivity contribution in [3.8, 4) is 17.4 Å². The van der Waals surface area contributed by atoms with Crippen molar-refractivity contribution in [2.45, 2.75) is 17.4 Å². The van der Waals surface area contributed by atoms with Gasteiger partial charge in [0.15, 0.2) is 5.54 Å². The molecule has 35 heavy (non-hydrogen) atoms. The Balaban J connectivity index is 2.00. The van der Waals surface area contributed by atoms with Crippen molar-refractivity contribution in [2.24, 2.45) is 5.73 Å². The van der Waals surface area contributed by atoms with Gasteiger partial charge < -0.3 is 19.9 Å². The van der Waals surface area contributed by atoms with Crippen LogP contribution in [0.25, 0.3) is 0 Å². The number of carbonyl (C=O) groups excluding carboxylic acids is 1. The topological polar surface area (TPSA) is 121 Å². The highest BCUT2D eigenvalue weighted by molar-refractivity contribution is 7.93. The van der Waals surface area contributed by atoms with E-state index in [0.717, 1.165) is 12.1 Å². The van der Waals surface area contributed by atoms with Crippen LogP contribution < -0.4 is 24.2 Å². The molecule has 0 radical (unpaired) electrons. The Bertz CT molecular complexity index is 1430. The summed E-state index contributed by atoms with van der Waals surface area (Å²) in [5.41, 5.74) is 4.34. The summed E-state index contributed by atoms with van der Waals surface area (Å²) in [5.74, 6) is -1.73. The second kappa shape index (κ2) is 8.99. The molecule has 1 aromatic heterocycles. The van der Waals surface area contributed by atoms with E-state index in [1.165, 1.54) is 50.7 Å². The number of sulfonamides is 1. The molecule has 9 nitrogen and oxygen atoms in total. The number of pyridine rings is 1. The molecule has 4 rings (SSSR count). The Kier molecular flexibility index (Phi) is 6.34. The van der Waals surface area contributed by atoms with Gasteiger partial charge in [-0.25, -0.2) is 22.1 Å². The number of benzene rings is 2. The molecule has 0 bridgehead atoms. The predicted octanol–water partition coefficient (Wildman–Crippen LogP) is 3.23. The fourth-order valence-electron chi connectivity index (χ4n) is 3.93. The highest BCUT2D eigenvalue weighted by Crippen LogP contribution is 2.49. The number of ether oxygens (including phenoxy) is 3. The molecule has 0 fully saturated rings. The zero-order valence-electron chi connectivity index (χ0n) is 18.9. The lowest BCUT2D eigenvalue weighted by Gasteiger charge is -2.26. The molecule has 1 aliphatic rings. The van der Waals surface area contributed by atoms with E-state index >= 15 is 0 Å². The number of hydrogen-bond acceptors (Lipinski definition) is 8. The number of methoxy groups -OCH3 is 2. The van der Waals surface area contributed by atoms with Crippen molar-refractivity contribution >= 4 is 33.2 Å². The van der Waals surface area contributed by atoms with Crippen LogP contribution in [0.2, 0.25) is 5.02 Å². The normalized spacial score (nSPS) is 17.3. The molecule has 0 spiro atoms. The molecule has 1 amide bonds. The first-order valence-corrected chi connectivity index (χ1v) is 12.1. The third-order valence-corrected chi connectivity index (χ3v) is 7.60. The van der Waals surface area contributed by atoms with Crippen LogP contribution in [0, 0.1) is 5.82 Å². The maximum absolute atomic E-state index is 14.6. The van der Waals surface area contributed by atoms with Crippen LogP contribution in [-0.4, -0.2) is 40.1 Å². The maximum Gasteiger partial charge on any atom is 0.274 e. The number of amides is 1. The number of carbonyl (C=O) groups is 1. The fraction of sp³-hybridized carbons (Fsp3) is 0.217. The van der Waals surface area contributed by atoms with Crippen molar-refractivity contribution < 1.29 is 31.8 Å². The second-order valence-corrected chi connectivity index (χ2v) is 9.63. The smallest absolute Gasteiger partial charge is 0.274 e. The van der Waals surface area contributed by atoms with Gasteiger partial charge in [-0.2, -0.15) is 0 Å². The highest BCUT2D eigenvalue weighted by atomic mass is 35.5. The molecule has 1 unspecified atom stereocenters. The van der Waals surface area contributed by atoms with Gasteiger partial charge in [-0.05, 0) is 37.3 Å². The van der Waals surface area contributed by atoms with E-state index in [2.05, 4.69) is 4.98 Å². The third-order valence-electron chi connectivity index (χ3n) is 5.57. The van der Waals surface area contributed by atoms with E-state index in [0.29, 0.717) is 10.1 Å². The predicted molar refractivity (Wildman–Crippen MR) is 126 cm³/mol. The molecular weight excluding hydrogens is 501 g/mol. The van der Waals surface area contributed by atoms with E-state index in [4.69, 9.17) is 31.5 Å². The second-order valence-electron chi connectivity index (χ2n) is 7.47. The summed E-state index contributed by atoms with van der Waals surface area (Å²) in [6.07, 6.45) is 1.44. The third kappa shape index (κ3) is 3.76. The number of anilines is 1. The average molecular weight is 522 g/mol. The maximum atomic E-state index is 14.6. The molecule has 2 heterocycles. The van der Waals surface area contributed by atoms with Gasteiger partial charge in [-0.3, -0.25) is 4.79 Å². The van der Waals surface area contributed by atoms with E-state index < -0.39 is 27.3 Å². The van der Waals surface area contributed by atoms with Crippen LogP contribution in [0.3, 0.4) is 0 Å². The van der Waals surface area contributed by atoms with Crippen LogP contribution in [0.4, 0.5) is 10.1 Å². The molecule has 1 atom stereocenters. The zero-order valence-corrected chi connectivity index (χ0v) is 20.5. The van der Waals surface area contributed by atoms with Crippen molar-refractivity contribution in [2.75, 3.05) is 25.1 Å². The Morgan fingerprint density at radius 2 is 1.89 bits per heavy atom. The van der Waals surface area contributed by atoms with Gasteiger partial charge in [0.2, 0.25) is 5.88 Å². The molecule has 0 saturated carbocycles. The Morgan fingerprint density at radius 3 is 2.54 bits per heavy atom. The molecule has 2 aromatic carbocycles. The molecule has 0 aliphatic carbocycles. The van der Waals surface area contributed by atoms with Crippen LogP contribution in [0.5, 0.6) is 17.4 Å². The minimum absolute atomic E-state index is 0.0264. The van der Waals surface area contributed by atoms with Crippen molar-refractivity contribution in [1.82, 2.24) is 4.98 Å².